The molecule has 5 nitrogen and oxygen atoms in total. The molecule has 0 radical (unpaired) electrons. The van der Waals surface area contributed by atoms with Gasteiger partial charge in [-0.2, -0.15) is 0 Å². The lowest BCUT2D eigenvalue weighted by atomic mass is 10.1. The highest BCUT2D eigenvalue weighted by Crippen LogP contribution is 2.08. The van der Waals surface area contributed by atoms with E-state index in [2.05, 4.69) is 18.3 Å². The van der Waals surface area contributed by atoms with Gasteiger partial charge in [0.25, 0.3) is 0 Å². The third-order valence-electron chi connectivity index (χ3n) is 4.14. The highest BCUT2D eigenvalue weighted by atomic mass is 16.3. The maximum Gasteiger partial charge on any atom is 0.220 e. The molecule has 0 aromatic rings. The van der Waals surface area contributed by atoms with Crippen LogP contribution in [0.1, 0.15) is 77.6 Å². The molecule has 0 fully saturated rings. The second-order valence-electron chi connectivity index (χ2n) is 6.65. The van der Waals surface area contributed by atoms with Crippen molar-refractivity contribution in [1.82, 2.24) is 5.32 Å². The van der Waals surface area contributed by atoms with Gasteiger partial charge < -0.3 is 15.5 Å². The molecule has 0 aliphatic heterocycles. The largest absolute Gasteiger partial charge is 0.394 e. The van der Waals surface area contributed by atoms with Crippen molar-refractivity contribution in [3.8, 4) is 0 Å². The van der Waals surface area contributed by atoms with Crippen molar-refractivity contribution in [2.75, 3.05) is 13.2 Å². The molecular weight excluding hydrogens is 330 g/mol. The summed E-state index contributed by atoms with van der Waals surface area (Å²) in [6, 6.07) is -0.546. The van der Waals surface area contributed by atoms with Crippen LogP contribution in [0.4, 0.5) is 0 Å². The molecule has 150 valence electrons. The number of rotatable bonds is 17. The first-order valence-corrected chi connectivity index (χ1v) is 10.0. The Kier molecular flexibility index (Phi) is 17.3. The molecular formula is C21H37NO4. The monoisotopic (exact) mass is 367 g/mol. The molecule has 3 N–H and O–H groups in total. The average Bonchev–Trinajstić information content (AvgIpc) is 2.64. The minimum Gasteiger partial charge on any atom is -0.394 e. The number of hydrogen-bond donors (Lipinski definition) is 3. The van der Waals surface area contributed by atoms with Crippen LogP contribution in [0.5, 0.6) is 0 Å². The van der Waals surface area contributed by atoms with Crippen LogP contribution in [0.15, 0.2) is 24.3 Å². The van der Waals surface area contributed by atoms with Gasteiger partial charge in [0.1, 0.15) is 0 Å². The lowest BCUT2D eigenvalue weighted by molar-refractivity contribution is -0.122. The first kappa shape index (κ1) is 24.5. The molecule has 0 saturated heterocycles. The standard InChI is InChI=1S/C21H37NO4/c1-2-3-11-14-20(25)15-12-9-7-5-4-6-8-10-13-16-21(26)22-19(17-23)18-24/h7,9,12,15,19,23-24H,2-6,8,10-11,13-14,16-18H2,1H3,(H,22,26)/b9-7+,15-12+. The molecule has 0 aliphatic rings. The topological polar surface area (TPSA) is 86.6 Å². The Hall–Kier alpha value is -1.46. The summed E-state index contributed by atoms with van der Waals surface area (Å²) in [6.07, 6.45) is 18.0. The summed E-state index contributed by atoms with van der Waals surface area (Å²) < 4.78 is 0. The van der Waals surface area contributed by atoms with Crippen molar-refractivity contribution in [2.24, 2.45) is 0 Å². The average molecular weight is 368 g/mol. The van der Waals surface area contributed by atoms with Crippen LogP contribution in [0.3, 0.4) is 0 Å². The van der Waals surface area contributed by atoms with Crippen molar-refractivity contribution < 1.29 is 19.8 Å². The van der Waals surface area contributed by atoms with Crippen LogP contribution >= 0.6 is 0 Å². The maximum absolute atomic E-state index is 11.6. The molecule has 0 bridgehead atoms. The number of hydrogen-bond acceptors (Lipinski definition) is 4. The Morgan fingerprint density at radius 1 is 0.885 bits per heavy atom. The first-order valence-electron chi connectivity index (χ1n) is 10.0. The molecule has 0 aromatic heterocycles. The third-order valence-corrected chi connectivity index (χ3v) is 4.14. The van der Waals surface area contributed by atoms with E-state index in [1.54, 1.807) is 6.08 Å². The predicted octanol–water partition coefficient (Wildman–Crippen LogP) is 3.45. The fraction of sp³-hybridized carbons (Fsp3) is 0.714. The second kappa shape index (κ2) is 18.3. The zero-order chi connectivity index (χ0) is 19.5. The second-order valence-corrected chi connectivity index (χ2v) is 6.65. The van der Waals surface area contributed by atoms with Crippen molar-refractivity contribution >= 4 is 11.7 Å². The highest BCUT2D eigenvalue weighted by Gasteiger charge is 2.09. The minimum atomic E-state index is -0.546. The highest BCUT2D eigenvalue weighted by molar-refractivity contribution is 5.89. The van der Waals surface area contributed by atoms with E-state index in [-0.39, 0.29) is 24.9 Å². The zero-order valence-electron chi connectivity index (χ0n) is 16.3. The maximum atomic E-state index is 11.6. The van der Waals surface area contributed by atoms with E-state index < -0.39 is 6.04 Å². The van der Waals surface area contributed by atoms with E-state index in [4.69, 9.17) is 10.2 Å². The van der Waals surface area contributed by atoms with Gasteiger partial charge in [-0.3, -0.25) is 9.59 Å². The number of aliphatic hydroxyl groups excluding tert-OH is 2. The van der Waals surface area contributed by atoms with E-state index in [1.807, 2.05) is 12.2 Å². The minimum absolute atomic E-state index is 0.114. The number of ketones is 1. The van der Waals surface area contributed by atoms with Crippen molar-refractivity contribution in [3.63, 3.8) is 0 Å². The van der Waals surface area contributed by atoms with Crippen molar-refractivity contribution in [3.05, 3.63) is 24.3 Å². The Bertz CT molecular complexity index is 414. The first-order chi connectivity index (χ1) is 12.6. The smallest absolute Gasteiger partial charge is 0.220 e. The molecule has 0 rings (SSSR count). The van der Waals surface area contributed by atoms with Crippen LogP contribution in [-0.2, 0) is 9.59 Å². The number of carbonyl (C=O) groups excluding carboxylic acids is 2. The summed E-state index contributed by atoms with van der Waals surface area (Å²) in [7, 11) is 0. The predicted molar refractivity (Wildman–Crippen MR) is 106 cm³/mol. The summed E-state index contributed by atoms with van der Waals surface area (Å²) in [5.74, 6) is 0.0912. The van der Waals surface area contributed by atoms with E-state index >= 15 is 0 Å². The lowest BCUT2D eigenvalue weighted by Gasteiger charge is -2.12. The van der Waals surface area contributed by atoms with E-state index in [9.17, 15) is 9.59 Å². The van der Waals surface area contributed by atoms with Gasteiger partial charge >= 0.3 is 0 Å². The number of amides is 1. The fourth-order valence-electron chi connectivity index (χ4n) is 2.50. The summed E-state index contributed by atoms with van der Waals surface area (Å²) in [6.45, 7) is 1.65. The zero-order valence-corrected chi connectivity index (χ0v) is 16.3. The van der Waals surface area contributed by atoms with Crippen molar-refractivity contribution in [2.45, 2.75) is 83.6 Å². The Morgan fingerprint density at radius 3 is 2.23 bits per heavy atom. The fourth-order valence-corrected chi connectivity index (χ4v) is 2.50. The van der Waals surface area contributed by atoms with E-state index in [0.717, 1.165) is 57.8 Å². The number of aliphatic hydroxyl groups is 2. The normalized spacial score (nSPS) is 11.7. The van der Waals surface area contributed by atoms with Crippen molar-refractivity contribution in [1.29, 1.82) is 0 Å². The van der Waals surface area contributed by atoms with Gasteiger partial charge in [0.2, 0.25) is 5.91 Å². The van der Waals surface area contributed by atoms with Gasteiger partial charge in [0.05, 0.1) is 19.3 Å². The van der Waals surface area contributed by atoms with Crippen LogP contribution < -0.4 is 5.32 Å². The molecule has 0 saturated carbocycles. The van der Waals surface area contributed by atoms with Crippen LogP contribution in [0.2, 0.25) is 0 Å². The van der Waals surface area contributed by atoms with Gasteiger partial charge in [0.15, 0.2) is 5.78 Å². The molecule has 0 unspecified atom stereocenters. The number of carbonyl (C=O) groups is 2. The summed E-state index contributed by atoms with van der Waals surface area (Å²) in [4.78, 5) is 23.1. The van der Waals surface area contributed by atoms with Gasteiger partial charge in [-0.25, -0.2) is 0 Å². The van der Waals surface area contributed by atoms with Gasteiger partial charge in [0, 0.05) is 12.8 Å². The van der Waals surface area contributed by atoms with E-state index in [0.29, 0.717) is 12.8 Å². The van der Waals surface area contributed by atoms with Gasteiger partial charge in [-0.05, 0) is 31.8 Å². The van der Waals surface area contributed by atoms with Crippen LogP contribution in [-0.4, -0.2) is 41.2 Å². The Labute approximate surface area is 158 Å². The Morgan fingerprint density at radius 2 is 1.54 bits per heavy atom. The van der Waals surface area contributed by atoms with Crippen LogP contribution in [0.25, 0.3) is 0 Å². The quantitative estimate of drug-likeness (QED) is 0.209. The molecule has 0 spiro atoms. The number of allylic oxidation sites excluding steroid dienone is 4. The molecule has 0 aliphatic carbocycles. The molecule has 0 atom stereocenters. The number of nitrogens with one attached hydrogen (secondary N) is 1. The van der Waals surface area contributed by atoms with Gasteiger partial charge in [-0.15, -0.1) is 0 Å². The SMILES string of the molecule is CCCCCC(=O)/C=C/C=C/CCCCCCCC(=O)NC(CO)CO. The molecule has 0 heterocycles. The third kappa shape index (κ3) is 16.0. The van der Waals surface area contributed by atoms with Crippen LogP contribution in [0, 0.1) is 0 Å². The molecule has 26 heavy (non-hydrogen) atoms. The lowest BCUT2D eigenvalue weighted by Crippen LogP contribution is -2.39. The summed E-state index contributed by atoms with van der Waals surface area (Å²) >= 11 is 0. The molecule has 0 aromatic carbocycles. The van der Waals surface area contributed by atoms with Gasteiger partial charge in [-0.1, -0.05) is 57.3 Å². The molecule has 1 amide bonds. The summed E-state index contributed by atoms with van der Waals surface area (Å²) in [5.41, 5.74) is 0. The summed E-state index contributed by atoms with van der Waals surface area (Å²) in [5, 5.41) is 20.4. The molecule has 5 heteroatoms. The Balaban J connectivity index is 3.50. The number of unbranched alkanes of at least 4 members (excludes halogenated alkanes) is 7. The van der Waals surface area contributed by atoms with E-state index in [1.165, 1.54) is 0 Å².